The molecule has 226 valence electrons. The molecule has 2 aromatic carbocycles. The number of aromatic nitrogens is 2. The van der Waals surface area contributed by atoms with Crippen LogP contribution in [0.5, 0.6) is 11.5 Å². The van der Waals surface area contributed by atoms with Gasteiger partial charge in [-0.25, -0.2) is 9.78 Å². The number of nitrogens with two attached hydrogens (primary N) is 1. The minimum Gasteiger partial charge on any atom is -0.496 e. The van der Waals surface area contributed by atoms with Crippen LogP contribution in [0.25, 0.3) is 21.5 Å². The molecular formula is C30H39N5O5S2. The zero-order valence-electron chi connectivity index (χ0n) is 25.0. The highest BCUT2D eigenvalue weighted by molar-refractivity contribution is 7.80. The van der Waals surface area contributed by atoms with Gasteiger partial charge in [0.05, 0.1) is 20.4 Å². The third-order valence-corrected chi connectivity index (χ3v) is 8.09. The predicted octanol–water partition coefficient (Wildman–Crippen LogP) is 6.54. The molecule has 10 nitrogen and oxygen atoms in total. The zero-order chi connectivity index (χ0) is 30.4. The standard InChI is InChI=1S/C21H27N5O4S.C9H12OS/c1-21(2,3)29-20(27)26-7-5-6-25(8-9-26)16-12-23-19(31-16)13-10-14(28-4)17-15(11-13)30-24-18(17)22;1-3-7-4-5-8(10-2)9(11)6-7/h10-12H,5-9H2,1-4H3,(H2,22,24);4-6,11H,3H2,1-2H3. The largest absolute Gasteiger partial charge is 0.496 e. The number of thiazole rings is 1. The molecule has 1 aliphatic rings. The van der Waals surface area contributed by atoms with E-state index < -0.39 is 5.60 Å². The van der Waals surface area contributed by atoms with E-state index in [1.807, 2.05) is 51.2 Å². The number of fused-ring (bicyclic) bond motifs is 1. The lowest BCUT2D eigenvalue weighted by atomic mass is 10.1. The minimum absolute atomic E-state index is 0.258. The van der Waals surface area contributed by atoms with E-state index in [-0.39, 0.29) is 6.09 Å². The molecule has 0 aliphatic carbocycles. The van der Waals surface area contributed by atoms with Crippen molar-refractivity contribution in [2.75, 3.05) is 51.0 Å². The molecule has 0 unspecified atom stereocenters. The van der Waals surface area contributed by atoms with Gasteiger partial charge in [-0.2, -0.15) is 0 Å². The molecule has 0 bridgehead atoms. The van der Waals surface area contributed by atoms with Crippen LogP contribution in [0.2, 0.25) is 0 Å². The van der Waals surface area contributed by atoms with Gasteiger partial charge in [0.2, 0.25) is 0 Å². The summed E-state index contributed by atoms with van der Waals surface area (Å²) in [5.74, 6) is 1.74. The van der Waals surface area contributed by atoms with Crippen molar-refractivity contribution in [3.05, 3.63) is 42.1 Å². The van der Waals surface area contributed by atoms with Crippen LogP contribution in [-0.2, 0) is 11.2 Å². The highest BCUT2D eigenvalue weighted by Crippen LogP contribution is 2.38. The molecule has 5 rings (SSSR count). The Balaban J connectivity index is 0.000000310. The Morgan fingerprint density at radius 1 is 1.10 bits per heavy atom. The van der Waals surface area contributed by atoms with E-state index in [4.69, 9.17) is 24.5 Å². The normalized spacial score (nSPS) is 13.8. The summed E-state index contributed by atoms with van der Waals surface area (Å²) in [6, 6.07) is 9.79. The molecule has 12 heteroatoms. The molecule has 1 aliphatic heterocycles. The molecule has 0 spiro atoms. The number of hydrogen-bond acceptors (Lipinski definition) is 11. The van der Waals surface area contributed by atoms with Gasteiger partial charge in [-0.3, -0.25) is 0 Å². The van der Waals surface area contributed by atoms with Gasteiger partial charge in [0.25, 0.3) is 0 Å². The second-order valence-electron chi connectivity index (χ2n) is 10.8. The summed E-state index contributed by atoms with van der Waals surface area (Å²) >= 11 is 5.86. The number of amides is 1. The van der Waals surface area contributed by atoms with Crippen molar-refractivity contribution >= 4 is 51.8 Å². The van der Waals surface area contributed by atoms with Crippen LogP contribution in [0.3, 0.4) is 0 Å². The molecule has 2 aromatic heterocycles. The van der Waals surface area contributed by atoms with Crippen molar-refractivity contribution in [1.82, 2.24) is 15.0 Å². The molecule has 1 saturated heterocycles. The number of nitrogens with zero attached hydrogens (tertiary/aromatic N) is 4. The first-order valence-electron chi connectivity index (χ1n) is 13.8. The van der Waals surface area contributed by atoms with E-state index in [0.717, 1.165) is 52.1 Å². The summed E-state index contributed by atoms with van der Waals surface area (Å²) in [4.78, 5) is 22.0. The molecular weight excluding hydrogens is 574 g/mol. The van der Waals surface area contributed by atoms with E-state index in [1.165, 1.54) is 5.56 Å². The summed E-state index contributed by atoms with van der Waals surface area (Å²) in [6.07, 6.45) is 3.52. The highest BCUT2D eigenvalue weighted by Gasteiger charge is 2.25. The Morgan fingerprint density at radius 2 is 1.86 bits per heavy atom. The van der Waals surface area contributed by atoms with E-state index >= 15 is 0 Å². The van der Waals surface area contributed by atoms with E-state index in [2.05, 4.69) is 40.7 Å². The fourth-order valence-electron chi connectivity index (χ4n) is 4.49. The first-order valence-corrected chi connectivity index (χ1v) is 15.1. The Morgan fingerprint density at radius 3 is 2.52 bits per heavy atom. The summed E-state index contributed by atoms with van der Waals surface area (Å²) in [5.41, 5.74) is 8.11. The number of nitrogen functional groups attached to an aromatic ring is 1. The van der Waals surface area contributed by atoms with Gasteiger partial charge in [0.15, 0.2) is 11.4 Å². The van der Waals surface area contributed by atoms with Crippen molar-refractivity contribution in [2.24, 2.45) is 0 Å². The van der Waals surface area contributed by atoms with E-state index in [0.29, 0.717) is 35.6 Å². The maximum atomic E-state index is 12.4. The fraction of sp³-hybridized carbons (Fsp3) is 0.433. The van der Waals surface area contributed by atoms with Crippen molar-refractivity contribution in [2.45, 2.75) is 51.0 Å². The number of anilines is 2. The van der Waals surface area contributed by atoms with Crippen LogP contribution < -0.4 is 20.1 Å². The Bertz CT molecular complexity index is 1510. The third kappa shape index (κ3) is 7.60. The molecule has 0 radical (unpaired) electrons. The summed E-state index contributed by atoms with van der Waals surface area (Å²) < 4.78 is 21.4. The lowest BCUT2D eigenvalue weighted by Crippen LogP contribution is -2.39. The van der Waals surface area contributed by atoms with Gasteiger partial charge < -0.3 is 34.3 Å². The van der Waals surface area contributed by atoms with Gasteiger partial charge in [-0.1, -0.05) is 29.5 Å². The van der Waals surface area contributed by atoms with Crippen molar-refractivity contribution in [3.8, 4) is 22.1 Å². The number of aryl methyl sites for hydroxylation is 1. The number of ether oxygens (including phenoxy) is 3. The number of thiol groups is 1. The van der Waals surface area contributed by atoms with Crippen molar-refractivity contribution in [3.63, 3.8) is 0 Å². The van der Waals surface area contributed by atoms with Crippen LogP contribution in [0.1, 0.15) is 39.7 Å². The number of carbonyl (C=O) groups excluding carboxylic acids is 1. The van der Waals surface area contributed by atoms with Crippen LogP contribution in [0, 0.1) is 0 Å². The van der Waals surface area contributed by atoms with Crippen molar-refractivity contribution < 1.29 is 23.5 Å². The summed E-state index contributed by atoms with van der Waals surface area (Å²) in [5, 5.41) is 6.39. The smallest absolute Gasteiger partial charge is 0.410 e. The molecule has 0 saturated carbocycles. The van der Waals surface area contributed by atoms with Crippen LogP contribution >= 0.6 is 24.0 Å². The summed E-state index contributed by atoms with van der Waals surface area (Å²) in [6.45, 7) is 10.6. The molecule has 42 heavy (non-hydrogen) atoms. The maximum absolute atomic E-state index is 12.4. The van der Waals surface area contributed by atoms with Crippen LogP contribution in [0.15, 0.2) is 45.9 Å². The quantitative estimate of drug-likeness (QED) is 0.242. The first kappa shape index (κ1) is 31.3. The number of rotatable bonds is 5. The monoisotopic (exact) mass is 613 g/mol. The Hall–Kier alpha value is -3.64. The topological polar surface area (TPSA) is 116 Å². The fourth-order valence-corrected chi connectivity index (χ4v) is 5.78. The number of carbonyl (C=O) groups is 1. The van der Waals surface area contributed by atoms with Gasteiger partial charge >= 0.3 is 6.09 Å². The number of benzene rings is 2. The lowest BCUT2D eigenvalue weighted by molar-refractivity contribution is 0.0263. The van der Waals surface area contributed by atoms with Gasteiger partial charge in [-0.15, -0.1) is 12.6 Å². The summed E-state index contributed by atoms with van der Waals surface area (Å²) in [7, 11) is 3.24. The molecule has 1 amide bonds. The first-order chi connectivity index (χ1) is 20.0. The predicted molar refractivity (Wildman–Crippen MR) is 170 cm³/mol. The average molecular weight is 614 g/mol. The molecule has 1 fully saturated rings. The zero-order valence-corrected chi connectivity index (χ0v) is 26.7. The van der Waals surface area contributed by atoms with E-state index in [1.54, 1.807) is 30.5 Å². The van der Waals surface area contributed by atoms with Crippen LogP contribution in [-0.4, -0.2) is 67.1 Å². The van der Waals surface area contributed by atoms with Gasteiger partial charge in [-0.05, 0) is 63.4 Å². The maximum Gasteiger partial charge on any atom is 0.410 e. The number of methoxy groups -OCH3 is 2. The molecule has 0 atom stereocenters. The number of hydrogen-bond donors (Lipinski definition) is 2. The van der Waals surface area contributed by atoms with E-state index in [9.17, 15) is 4.79 Å². The molecule has 2 N–H and O–H groups in total. The third-order valence-electron chi connectivity index (χ3n) is 6.64. The highest BCUT2D eigenvalue weighted by atomic mass is 32.1. The SMILES string of the molecule is CCc1ccc(OC)c(S)c1.COc1cc(-c2ncc(N3CCCN(C(=O)OC(C)(C)C)CC3)s2)cc2onc(N)c12. The lowest BCUT2D eigenvalue weighted by Gasteiger charge is -2.26. The second-order valence-corrected chi connectivity index (χ2v) is 12.3. The van der Waals surface area contributed by atoms with Gasteiger partial charge in [0, 0.05) is 36.6 Å². The average Bonchev–Trinajstić information content (AvgIpc) is 3.51. The molecule has 3 heterocycles. The minimum atomic E-state index is -0.494. The molecule has 4 aromatic rings. The second kappa shape index (κ2) is 13.6. The van der Waals surface area contributed by atoms with Crippen molar-refractivity contribution in [1.29, 1.82) is 0 Å². The Kier molecular flexibility index (Phi) is 10.1. The van der Waals surface area contributed by atoms with Crippen LogP contribution in [0.4, 0.5) is 15.6 Å². The van der Waals surface area contributed by atoms with Gasteiger partial charge in [0.1, 0.15) is 32.5 Å². The Labute approximate surface area is 256 Å².